The first kappa shape index (κ1) is 15.3. The second kappa shape index (κ2) is 6.24. The average Bonchev–Trinajstić information content (AvgIpc) is 2.47. The van der Waals surface area contributed by atoms with Gasteiger partial charge in [0.15, 0.2) is 0 Å². The van der Waals surface area contributed by atoms with Gasteiger partial charge in [0.2, 0.25) is 0 Å². The van der Waals surface area contributed by atoms with Gasteiger partial charge in [0.05, 0.1) is 7.11 Å². The Labute approximate surface area is 130 Å². The number of carbonyl (C=O) groups excluding carboxylic acids is 1. The van der Waals surface area contributed by atoms with Gasteiger partial charge in [-0.1, -0.05) is 12.5 Å². The molecule has 1 aromatic carbocycles. The Kier molecular flexibility index (Phi) is 4.34. The highest BCUT2D eigenvalue weighted by atomic mass is 19.1. The standard InChI is InChI=1S/C17H23FN2O2/c1-22-14-7-3-6-13(18)15(14)17(21)20-16-10-4-2-5-11(16)9-12(19)8-10/h3,6-7,10-12,16H,2,4-5,8-9,19H2,1H3,(H,20,21). The van der Waals surface area contributed by atoms with E-state index in [2.05, 4.69) is 5.32 Å². The number of rotatable bonds is 3. The number of hydrogen-bond acceptors (Lipinski definition) is 3. The van der Waals surface area contributed by atoms with Gasteiger partial charge in [-0.2, -0.15) is 0 Å². The fraction of sp³-hybridized carbons (Fsp3) is 0.588. The van der Waals surface area contributed by atoms with Crippen LogP contribution >= 0.6 is 0 Å². The van der Waals surface area contributed by atoms with E-state index in [0.29, 0.717) is 11.8 Å². The molecular formula is C17H23FN2O2. The molecule has 2 aliphatic rings. The Morgan fingerprint density at radius 1 is 1.32 bits per heavy atom. The van der Waals surface area contributed by atoms with Crippen LogP contribution < -0.4 is 15.8 Å². The Morgan fingerprint density at radius 2 is 2.00 bits per heavy atom. The minimum absolute atomic E-state index is 0.00190. The molecular weight excluding hydrogens is 283 g/mol. The number of methoxy groups -OCH3 is 1. The lowest BCUT2D eigenvalue weighted by Gasteiger charge is -2.45. The number of ether oxygens (including phenoxy) is 1. The zero-order valence-electron chi connectivity index (χ0n) is 12.8. The van der Waals surface area contributed by atoms with E-state index in [1.807, 2.05) is 0 Å². The average molecular weight is 306 g/mol. The van der Waals surface area contributed by atoms with Gasteiger partial charge < -0.3 is 15.8 Å². The van der Waals surface area contributed by atoms with Crippen molar-refractivity contribution in [3.63, 3.8) is 0 Å². The fourth-order valence-corrected chi connectivity index (χ4v) is 4.14. The molecule has 2 unspecified atom stereocenters. The van der Waals surface area contributed by atoms with E-state index in [4.69, 9.17) is 10.5 Å². The van der Waals surface area contributed by atoms with Crippen LogP contribution in [0.15, 0.2) is 18.2 Å². The van der Waals surface area contributed by atoms with Gasteiger partial charge in [-0.3, -0.25) is 4.79 Å². The molecule has 2 saturated carbocycles. The number of nitrogens with two attached hydrogens (primary N) is 1. The first-order valence-corrected chi connectivity index (χ1v) is 7.99. The molecule has 120 valence electrons. The highest BCUT2D eigenvalue weighted by Crippen LogP contribution is 2.40. The molecule has 3 rings (SSSR count). The second-order valence-corrected chi connectivity index (χ2v) is 6.50. The summed E-state index contributed by atoms with van der Waals surface area (Å²) in [5.41, 5.74) is 6.10. The number of carbonyl (C=O) groups is 1. The van der Waals surface area contributed by atoms with Crippen molar-refractivity contribution < 1.29 is 13.9 Å². The molecule has 4 nitrogen and oxygen atoms in total. The van der Waals surface area contributed by atoms with Crippen molar-refractivity contribution in [2.75, 3.05) is 7.11 Å². The summed E-state index contributed by atoms with van der Waals surface area (Å²) in [6.45, 7) is 0. The maximum absolute atomic E-state index is 14.0. The van der Waals surface area contributed by atoms with E-state index in [0.717, 1.165) is 25.7 Å². The third-order valence-electron chi connectivity index (χ3n) is 5.10. The summed E-state index contributed by atoms with van der Waals surface area (Å²) >= 11 is 0. The predicted octanol–water partition coefficient (Wildman–Crippen LogP) is 2.47. The van der Waals surface area contributed by atoms with Crippen LogP contribution in [0.3, 0.4) is 0 Å². The van der Waals surface area contributed by atoms with Crippen LogP contribution in [-0.2, 0) is 0 Å². The number of fused-ring (bicyclic) bond motifs is 2. The van der Waals surface area contributed by atoms with E-state index in [1.54, 1.807) is 12.1 Å². The Hall–Kier alpha value is -1.62. The molecule has 1 aromatic rings. The topological polar surface area (TPSA) is 64.3 Å². The summed E-state index contributed by atoms with van der Waals surface area (Å²) in [5.74, 6) is 0.158. The minimum Gasteiger partial charge on any atom is -0.496 e. The van der Waals surface area contributed by atoms with Gasteiger partial charge in [-0.25, -0.2) is 4.39 Å². The number of hydrogen-bond donors (Lipinski definition) is 2. The zero-order chi connectivity index (χ0) is 15.7. The van der Waals surface area contributed by atoms with Gasteiger partial charge in [-0.15, -0.1) is 0 Å². The molecule has 22 heavy (non-hydrogen) atoms. The van der Waals surface area contributed by atoms with Crippen molar-refractivity contribution in [1.29, 1.82) is 0 Å². The molecule has 3 N–H and O–H groups in total. The number of nitrogens with one attached hydrogen (secondary N) is 1. The van der Waals surface area contributed by atoms with E-state index < -0.39 is 5.82 Å². The van der Waals surface area contributed by atoms with Gasteiger partial charge in [-0.05, 0) is 49.7 Å². The summed E-state index contributed by atoms with van der Waals surface area (Å²) in [6.07, 6.45) is 5.25. The van der Waals surface area contributed by atoms with E-state index >= 15 is 0 Å². The SMILES string of the molecule is COc1cccc(F)c1C(=O)NC1C2CCCC1CC(N)C2. The molecule has 0 saturated heterocycles. The van der Waals surface area contributed by atoms with Crippen LogP contribution in [0.25, 0.3) is 0 Å². The van der Waals surface area contributed by atoms with Gasteiger partial charge >= 0.3 is 0 Å². The van der Waals surface area contributed by atoms with Crippen molar-refractivity contribution in [3.8, 4) is 5.75 Å². The highest BCUT2D eigenvalue weighted by Gasteiger charge is 2.40. The predicted molar refractivity (Wildman–Crippen MR) is 82.2 cm³/mol. The number of amides is 1. The van der Waals surface area contributed by atoms with Gasteiger partial charge in [0.25, 0.3) is 5.91 Å². The van der Waals surface area contributed by atoms with Gasteiger partial charge in [0, 0.05) is 12.1 Å². The molecule has 0 aromatic heterocycles. The minimum atomic E-state index is -0.547. The van der Waals surface area contributed by atoms with Crippen molar-refractivity contribution >= 4 is 5.91 Å². The molecule has 1 amide bonds. The number of benzene rings is 1. The van der Waals surface area contributed by atoms with Crippen LogP contribution in [-0.4, -0.2) is 25.1 Å². The molecule has 5 heteroatoms. The fourth-order valence-electron chi connectivity index (χ4n) is 4.14. The summed E-state index contributed by atoms with van der Waals surface area (Å²) in [4.78, 5) is 12.6. The zero-order valence-corrected chi connectivity index (χ0v) is 12.8. The normalized spacial score (nSPS) is 30.7. The number of halogens is 1. The first-order valence-electron chi connectivity index (χ1n) is 7.99. The molecule has 2 aliphatic carbocycles. The van der Waals surface area contributed by atoms with Gasteiger partial charge in [0.1, 0.15) is 17.1 Å². The van der Waals surface area contributed by atoms with Crippen LogP contribution in [0, 0.1) is 17.7 Å². The van der Waals surface area contributed by atoms with E-state index in [9.17, 15) is 9.18 Å². The largest absolute Gasteiger partial charge is 0.496 e. The summed E-state index contributed by atoms with van der Waals surface area (Å²) in [7, 11) is 1.44. The first-order chi connectivity index (χ1) is 10.6. The van der Waals surface area contributed by atoms with Crippen molar-refractivity contribution in [1.82, 2.24) is 5.32 Å². The van der Waals surface area contributed by atoms with Crippen LogP contribution in [0.1, 0.15) is 42.5 Å². The molecule has 2 atom stereocenters. The Morgan fingerprint density at radius 3 is 2.64 bits per heavy atom. The maximum Gasteiger partial charge on any atom is 0.258 e. The van der Waals surface area contributed by atoms with Crippen LogP contribution in [0.4, 0.5) is 4.39 Å². The van der Waals surface area contributed by atoms with Crippen LogP contribution in [0.2, 0.25) is 0 Å². The lowest BCUT2D eigenvalue weighted by atomic mass is 9.67. The molecule has 0 radical (unpaired) electrons. The van der Waals surface area contributed by atoms with Crippen molar-refractivity contribution in [3.05, 3.63) is 29.6 Å². The smallest absolute Gasteiger partial charge is 0.258 e. The van der Waals surface area contributed by atoms with Crippen molar-refractivity contribution in [2.45, 2.75) is 44.2 Å². The lowest BCUT2D eigenvalue weighted by Crippen LogP contribution is -2.53. The Bertz CT molecular complexity index is 550. The molecule has 0 spiro atoms. The quantitative estimate of drug-likeness (QED) is 0.901. The third kappa shape index (κ3) is 2.82. The molecule has 2 bridgehead atoms. The molecule has 2 fully saturated rings. The van der Waals surface area contributed by atoms with E-state index in [-0.39, 0.29) is 29.3 Å². The highest BCUT2D eigenvalue weighted by molar-refractivity contribution is 5.97. The monoisotopic (exact) mass is 306 g/mol. The Balaban J connectivity index is 1.80. The molecule has 0 aliphatic heterocycles. The second-order valence-electron chi connectivity index (χ2n) is 6.50. The summed E-state index contributed by atoms with van der Waals surface area (Å²) in [5, 5.41) is 3.06. The lowest BCUT2D eigenvalue weighted by molar-refractivity contribution is 0.0750. The molecule has 0 heterocycles. The summed E-state index contributed by atoms with van der Waals surface area (Å²) in [6, 6.07) is 4.76. The van der Waals surface area contributed by atoms with Crippen LogP contribution in [0.5, 0.6) is 5.75 Å². The summed E-state index contributed by atoms with van der Waals surface area (Å²) < 4.78 is 19.2. The van der Waals surface area contributed by atoms with E-state index in [1.165, 1.54) is 19.6 Å². The van der Waals surface area contributed by atoms with Crippen molar-refractivity contribution in [2.24, 2.45) is 17.6 Å². The maximum atomic E-state index is 14.0. The third-order valence-corrected chi connectivity index (χ3v) is 5.10.